The molecule has 0 bridgehead atoms. The van der Waals surface area contributed by atoms with Gasteiger partial charge in [-0.05, 0) is 79.3 Å². The fourth-order valence-corrected chi connectivity index (χ4v) is 7.75. The summed E-state index contributed by atoms with van der Waals surface area (Å²) in [5.41, 5.74) is 2.08. The van der Waals surface area contributed by atoms with Crippen molar-refractivity contribution < 1.29 is 13.9 Å². The normalized spacial score (nSPS) is 17.4. The van der Waals surface area contributed by atoms with Crippen molar-refractivity contribution in [2.75, 3.05) is 0 Å². The fraction of sp³-hybridized carbons (Fsp3) is 0.0714. The highest BCUT2D eigenvalue weighted by atomic mass is 19.1. The third-order valence-electron chi connectivity index (χ3n) is 9.80. The molecule has 2 aliphatic carbocycles. The molecule has 45 heavy (non-hydrogen) atoms. The van der Waals surface area contributed by atoms with Crippen LogP contribution in [0.5, 0.6) is 5.75 Å². The van der Waals surface area contributed by atoms with Crippen molar-refractivity contribution in [3.8, 4) is 5.75 Å². The van der Waals surface area contributed by atoms with Crippen LogP contribution in [0.15, 0.2) is 140 Å². The summed E-state index contributed by atoms with van der Waals surface area (Å²) < 4.78 is 20.9. The molecule has 0 saturated heterocycles. The highest BCUT2D eigenvalue weighted by molar-refractivity contribution is 6.27. The van der Waals surface area contributed by atoms with Crippen LogP contribution in [-0.2, 0) is 11.8 Å². The highest BCUT2D eigenvalue weighted by Crippen LogP contribution is 2.47. The van der Waals surface area contributed by atoms with Gasteiger partial charge in [0.25, 0.3) is 0 Å². The van der Waals surface area contributed by atoms with E-state index in [1.54, 1.807) is 12.1 Å². The molecule has 0 saturated carbocycles. The van der Waals surface area contributed by atoms with Crippen LogP contribution in [0, 0.1) is 11.7 Å². The quantitative estimate of drug-likeness (QED) is 0.0895. The topological polar surface area (TPSA) is 26.3 Å². The first-order valence-electron chi connectivity index (χ1n) is 15.3. The lowest BCUT2D eigenvalue weighted by molar-refractivity contribution is 0.0732. The van der Waals surface area contributed by atoms with E-state index in [4.69, 9.17) is 4.74 Å². The number of rotatable bonds is 4. The lowest BCUT2D eigenvalue weighted by Crippen LogP contribution is -2.38. The Morgan fingerprint density at radius 3 is 2.29 bits per heavy atom. The predicted molar refractivity (Wildman–Crippen MR) is 181 cm³/mol. The molecule has 0 aliphatic heterocycles. The molecule has 1 atom stereocenters. The number of benzene rings is 7. The van der Waals surface area contributed by atoms with Gasteiger partial charge in [-0.15, -0.1) is 0 Å². The van der Waals surface area contributed by atoms with Crippen LogP contribution in [0.4, 0.5) is 4.39 Å². The summed E-state index contributed by atoms with van der Waals surface area (Å²) in [7, 11) is 0. The average molecular weight is 583 g/mol. The van der Waals surface area contributed by atoms with Crippen LogP contribution in [0.2, 0.25) is 0 Å². The maximum Gasteiger partial charge on any atom is 0.346 e. The Kier molecular flexibility index (Phi) is 5.61. The summed E-state index contributed by atoms with van der Waals surface area (Å²) >= 11 is 0. The third-order valence-corrected chi connectivity index (χ3v) is 9.80. The molecule has 7 aromatic rings. The maximum absolute atomic E-state index is 14.8. The standard InChI is InChI=1S/C42H27FO2/c43-37-17-9-8-16-34(37)41(44)45-38-22-28-25-42(30-13-5-6-14-30,29-11-2-1-3-12-29)24-27-19-21-33-32-20-18-26-10-4-7-15-31(26)35(32)23-36(38)40(33)39(27)28/h1-23,25,30H,24H2. The first-order chi connectivity index (χ1) is 22.1. The lowest BCUT2D eigenvalue weighted by atomic mass is 9.64. The van der Waals surface area contributed by atoms with Crippen LogP contribution < -0.4 is 9.96 Å². The first-order valence-corrected chi connectivity index (χ1v) is 15.3. The summed E-state index contributed by atoms with van der Waals surface area (Å²) in [4.78, 5) is 13.5. The van der Waals surface area contributed by atoms with Crippen LogP contribution in [-0.4, -0.2) is 5.97 Å². The number of fused-ring (bicyclic) bond motifs is 4. The molecule has 2 nitrogen and oxygen atoms in total. The summed E-state index contributed by atoms with van der Waals surface area (Å²) in [6.45, 7) is 0. The van der Waals surface area contributed by atoms with Gasteiger partial charge in [-0.1, -0.05) is 121 Å². The summed E-state index contributed by atoms with van der Waals surface area (Å²) in [5.74, 6) is -0.715. The van der Waals surface area contributed by atoms with E-state index in [9.17, 15) is 9.18 Å². The van der Waals surface area contributed by atoms with Gasteiger partial charge in [0.2, 0.25) is 0 Å². The molecule has 0 heterocycles. The number of hydrogen-bond donors (Lipinski definition) is 0. The second-order valence-electron chi connectivity index (χ2n) is 12.2. The lowest BCUT2D eigenvalue weighted by Gasteiger charge is -2.39. The second kappa shape index (κ2) is 9.73. The monoisotopic (exact) mass is 582 g/mol. The summed E-state index contributed by atoms with van der Waals surface area (Å²) in [6.07, 6.45) is 12.0. The first kappa shape index (κ1) is 25.9. The minimum absolute atomic E-state index is 0.0853. The van der Waals surface area contributed by atoms with E-state index < -0.39 is 11.8 Å². The molecule has 214 valence electrons. The number of halogens is 1. The predicted octanol–water partition coefficient (Wildman–Crippen LogP) is 9.39. The number of ether oxygens (including phenoxy) is 1. The van der Waals surface area contributed by atoms with E-state index in [0.717, 1.165) is 49.3 Å². The van der Waals surface area contributed by atoms with Gasteiger partial charge in [0.1, 0.15) is 11.6 Å². The Labute approximate surface area is 259 Å². The van der Waals surface area contributed by atoms with Crippen molar-refractivity contribution in [3.63, 3.8) is 0 Å². The molecule has 0 spiro atoms. The van der Waals surface area contributed by atoms with Gasteiger partial charge in [-0.2, -0.15) is 0 Å². The van der Waals surface area contributed by atoms with E-state index in [1.165, 1.54) is 28.6 Å². The molecule has 0 N–H and O–H groups in total. The van der Waals surface area contributed by atoms with E-state index in [0.29, 0.717) is 5.75 Å². The van der Waals surface area contributed by atoms with Crippen molar-refractivity contribution in [2.45, 2.75) is 11.8 Å². The van der Waals surface area contributed by atoms with Gasteiger partial charge < -0.3 is 4.74 Å². The molecule has 9 rings (SSSR count). The van der Waals surface area contributed by atoms with Gasteiger partial charge in [-0.3, -0.25) is 0 Å². The Bertz CT molecular complexity index is 2460. The summed E-state index contributed by atoms with van der Waals surface area (Å²) in [5, 5.41) is 9.74. The Balaban J connectivity index is 1.40. The number of hydrogen-bond acceptors (Lipinski definition) is 2. The van der Waals surface area contributed by atoms with Crippen LogP contribution in [0.1, 0.15) is 21.5 Å². The second-order valence-corrected chi connectivity index (χ2v) is 12.2. The molecule has 2 aliphatic rings. The molecular formula is C42H27FO2. The van der Waals surface area contributed by atoms with E-state index in [2.05, 4.69) is 109 Å². The van der Waals surface area contributed by atoms with Crippen LogP contribution in [0.25, 0.3) is 49.2 Å². The summed E-state index contributed by atoms with van der Waals surface area (Å²) in [6, 6.07) is 38.0. The molecule has 1 unspecified atom stereocenters. The SMILES string of the molecule is O=C(Oc1cc2c3c(ccc4c5ccc6ccccc6c5cc1c34)CC(c1ccccc1)(C1C=CC=C1)C=2)c1ccccc1F. The van der Waals surface area contributed by atoms with Gasteiger partial charge >= 0.3 is 5.97 Å². The Morgan fingerprint density at radius 2 is 1.44 bits per heavy atom. The Morgan fingerprint density at radius 1 is 0.689 bits per heavy atom. The fourth-order valence-electron chi connectivity index (χ4n) is 7.75. The molecule has 7 aromatic carbocycles. The largest absolute Gasteiger partial charge is 0.422 e. The maximum atomic E-state index is 14.8. The molecule has 0 fully saturated rings. The van der Waals surface area contributed by atoms with Crippen molar-refractivity contribution in [1.82, 2.24) is 0 Å². The number of carbonyl (C=O) groups excluding carboxylic acids is 1. The van der Waals surface area contributed by atoms with Gasteiger partial charge in [0.05, 0.1) is 5.56 Å². The zero-order valence-electron chi connectivity index (χ0n) is 24.3. The van der Waals surface area contributed by atoms with Crippen molar-refractivity contribution in [3.05, 3.63) is 167 Å². The van der Waals surface area contributed by atoms with E-state index in [1.807, 2.05) is 12.1 Å². The minimum Gasteiger partial charge on any atom is -0.422 e. The molecular weight excluding hydrogens is 555 g/mol. The van der Waals surface area contributed by atoms with Crippen molar-refractivity contribution in [1.29, 1.82) is 0 Å². The molecule has 0 amide bonds. The van der Waals surface area contributed by atoms with Crippen LogP contribution >= 0.6 is 0 Å². The number of esters is 1. The zero-order chi connectivity index (χ0) is 30.1. The van der Waals surface area contributed by atoms with Crippen molar-refractivity contribution in [2.24, 2.45) is 5.92 Å². The molecule has 3 heteroatoms. The minimum atomic E-state index is -0.711. The van der Waals surface area contributed by atoms with Crippen molar-refractivity contribution >= 4 is 55.1 Å². The van der Waals surface area contributed by atoms with Crippen LogP contribution in [0.3, 0.4) is 0 Å². The highest BCUT2D eigenvalue weighted by Gasteiger charge is 2.39. The number of allylic oxidation sites excluding steroid dienone is 4. The van der Waals surface area contributed by atoms with Gasteiger partial charge in [-0.25, -0.2) is 9.18 Å². The van der Waals surface area contributed by atoms with Gasteiger partial charge in [0, 0.05) is 22.1 Å². The Hall–Kier alpha value is -5.54. The smallest absolute Gasteiger partial charge is 0.346 e. The molecule has 0 aromatic heterocycles. The zero-order valence-corrected chi connectivity index (χ0v) is 24.3. The van der Waals surface area contributed by atoms with E-state index in [-0.39, 0.29) is 16.9 Å². The number of carbonyl (C=O) groups is 1. The van der Waals surface area contributed by atoms with Gasteiger partial charge in [0.15, 0.2) is 0 Å². The average Bonchev–Trinajstić information content (AvgIpc) is 3.63. The third kappa shape index (κ3) is 3.84. The van der Waals surface area contributed by atoms with E-state index >= 15 is 0 Å². The molecule has 0 radical (unpaired) electrons.